The Morgan fingerprint density at radius 3 is 2.19 bits per heavy atom. The minimum Gasteiger partial charge on any atom is -0.497 e. The Hall–Kier alpha value is -1.65. The number of ether oxygens (including phenoxy) is 1. The lowest BCUT2D eigenvalue weighted by molar-refractivity contribution is 0.403. The molecule has 0 heterocycles. The van der Waals surface area contributed by atoms with Crippen LogP contribution in [0, 0.1) is 11.6 Å². The Morgan fingerprint density at radius 1 is 1.14 bits per heavy atom. The lowest BCUT2D eigenvalue weighted by Crippen LogP contribution is -2.24. The third-order valence-electron chi connectivity index (χ3n) is 3.19. The Balaban J connectivity index is 2.50. The molecule has 0 fully saturated rings. The maximum absolute atomic E-state index is 14.3. The molecule has 2 aromatic rings. The van der Waals surface area contributed by atoms with Crippen molar-refractivity contribution in [3.63, 3.8) is 0 Å². The van der Waals surface area contributed by atoms with Gasteiger partial charge in [0.2, 0.25) is 0 Å². The van der Waals surface area contributed by atoms with E-state index in [1.54, 1.807) is 24.3 Å². The molecule has 0 saturated heterocycles. The van der Waals surface area contributed by atoms with Crippen LogP contribution in [0.5, 0.6) is 5.75 Å². The summed E-state index contributed by atoms with van der Waals surface area (Å²) >= 11 is 5.86. The van der Waals surface area contributed by atoms with Crippen LogP contribution >= 0.6 is 11.6 Å². The van der Waals surface area contributed by atoms with Crippen LogP contribution in [0.1, 0.15) is 24.1 Å². The lowest BCUT2D eigenvalue weighted by atomic mass is 9.97. The maximum Gasteiger partial charge on any atom is 0.134 e. The smallest absolute Gasteiger partial charge is 0.134 e. The molecule has 0 aliphatic carbocycles. The fourth-order valence-electron chi connectivity index (χ4n) is 2.20. The number of halogens is 3. The van der Waals surface area contributed by atoms with E-state index in [2.05, 4.69) is 5.32 Å². The normalized spacial score (nSPS) is 12.2. The molecule has 0 aliphatic rings. The molecule has 2 nitrogen and oxygen atoms in total. The largest absolute Gasteiger partial charge is 0.497 e. The molecule has 1 unspecified atom stereocenters. The molecular formula is C16H16ClF2NO. The Labute approximate surface area is 127 Å². The molecule has 0 radical (unpaired) electrons. The summed E-state index contributed by atoms with van der Waals surface area (Å²) < 4.78 is 33.4. The second-order valence-corrected chi connectivity index (χ2v) is 4.98. The molecule has 2 aromatic carbocycles. The van der Waals surface area contributed by atoms with Crippen molar-refractivity contribution in [2.45, 2.75) is 13.0 Å². The van der Waals surface area contributed by atoms with Gasteiger partial charge in [-0.2, -0.15) is 0 Å². The maximum atomic E-state index is 14.3. The van der Waals surface area contributed by atoms with E-state index in [1.165, 1.54) is 19.2 Å². The van der Waals surface area contributed by atoms with Gasteiger partial charge in [0.05, 0.1) is 13.2 Å². The quantitative estimate of drug-likeness (QED) is 0.887. The Kier molecular flexibility index (Phi) is 5.15. The van der Waals surface area contributed by atoms with Gasteiger partial charge in [-0.05, 0) is 24.2 Å². The van der Waals surface area contributed by atoms with Gasteiger partial charge in [0.15, 0.2) is 0 Å². The van der Waals surface area contributed by atoms with Gasteiger partial charge >= 0.3 is 0 Å². The van der Waals surface area contributed by atoms with E-state index in [4.69, 9.17) is 16.3 Å². The zero-order valence-electron chi connectivity index (χ0n) is 11.8. The van der Waals surface area contributed by atoms with Crippen LogP contribution in [0.2, 0.25) is 5.02 Å². The fraction of sp³-hybridized carbons (Fsp3) is 0.250. The highest BCUT2D eigenvalue weighted by Crippen LogP contribution is 2.30. The summed E-state index contributed by atoms with van der Waals surface area (Å²) in [5.41, 5.74) is 0.712. The van der Waals surface area contributed by atoms with E-state index in [0.29, 0.717) is 11.6 Å². The van der Waals surface area contributed by atoms with Gasteiger partial charge in [-0.1, -0.05) is 30.7 Å². The minimum atomic E-state index is -0.646. The van der Waals surface area contributed by atoms with Gasteiger partial charge in [-0.15, -0.1) is 0 Å². The van der Waals surface area contributed by atoms with Gasteiger partial charge in [-0.3, -0.25) is 0 Å². The number of hydrogen-bond acceptors (Lipinski definition) is 2. The van der Waals surface area contributed by atoms with Gasteiger partial charge in [0.1, 0.15) is 17.4 Å². The summed E-state index contributed by atoms with van der Waals surface area (Å²) in [6, 6.07) is 8.66. The van der Waals surface area contributed by atoms with E-state index >= 15 is 0 Å². The molecule has 5 heteroatoms. The van der Waals surface area contributed by atoms with Crippen LogP contribution in [0.3, 0.4) is 0 Å². The first-order chi connectivity index (χ1) is 10.1. The van der Waals surface area contributed by atoms with Crippen LogP contribution in [-0.4, -0.2) is 13.7 Å². The summed E-state index contributed by atoms with van der Waals surface area (Å²) in [7, 11) is 1.37. The summed E-state index contributed by atoms with van der Waals surface area (Å²) in [5, 5.41) is 3.66. The average Bonchev–Trinajstić information content (AvgIpc) is 2.46. The van der Waals surface area contributed by atoms with Gasteiger partial charge < -0.3 is 10.1 Å². The van der Waals surface area contributed by atoms with E-state index in [1.807, 2.05) is 6.92 Å². The van der Waals surface area contributed by atoms with Crippen molar-refractivity contribution in [3.05, 3.63) is 64.2 Å². The van der Waals surface area contributed by atoms with Crippen LogP contribution in [0.15, 0.2) is 36.4 Å². The van der Waals surface area contributed by atoms with Crippen molar-refractivity contribution in [1.29, 1.82) is 0 Å². The first-order valence-electron chi connectivity index (χ1n) is 6.58. The van der Waals surface area contributed by atoms with Gasteiger partial charge in [0, 0.05) is 22.7 Å². The van der Waals surface area contributed by atoms with Gasteiger partial charge in [0.25, 0.3) is 0 Å². The summed E-state index contributed by atoms with van der Waals surface area (Å²) in [4.78, 5) is 0. The van der Waals surface area contributed by atoms with E-state index < -0.39 is 17.7 Å². The highest BCUT2D eigenvalue weighted by molar-refractivity contribution is 6.30. The fourth-order valence-corrected chi connectivity index (χ4v) is 2.33. The second-order valence-electron chi connectivity index (χ2n) is 4.55. The molecule has 112 valence electrons. The predicted molar refractivity (Wildman–Crippen MR) is 79.9 cm³/mol. The topological polar surface area (TPSA) is 21.3 Å². The van der Waals surface area contributed by atoms with Crippen molar-refractivity contribution in [3.8, 4) is 5.75 Å². The van der Waals surface area contributed by atoms with E-state index in [9.17, 15) is 8.78 Å². The van der Waals surface area contributed by atoms with Crippen LogP contribution < -0.4 is 10.1 Å². The molecule has 1 atom stereocenters. The van der Waals surface area contributed by atoms with Crippen LogP contribution in [0.25, 0.3) is 0 Å². The monoisotopic (exact) mass is 311 g/mol. The Morgan fingerprint density at radius 2 is 1.71 bits per heavy atom. The zero-order chi connectivity index (χ0) is 15.4. The molecule has 1 N–H and O–H groups in total. The van der Waals surface area contributed by atoms with Crippen LogP contribution in [0.4, 0.5) is 8.78 Å². The molecule has 0 aromatic heterocycles. The minimum absolute atomic E-state index is 0.0278. The van der Waals surface area contributed by atoms with Crippen LogP contribution in [-0.2, 0) is 0 Å². The molecule has 0 aliphatic heterocycles. The third kappa shape index (κ3) is 3.52. The number of nitrogens with one attached hydrogen (secondary N) is 1. The highest BCUT2D eigenvalue weighted by Gasteiger charge is 2.22. The molecule has 2 rings (SSSR count). The Bertz CT molecular complexity index is 593. The molecule has 21 heavy (non-hydrogen) atoms. The summed E-state index contributed by atoms with van der Waals surface area (Å²) in [6.45, 7) is 2.44. The SMILES string of the molecule is CCNC(c1ccc(Cl)cc1)c1c(F)cc(OC)cc1F. The van der Waals surface area contributed by atoms with Crippen molar-refractivity contribution >= 4 is 11.6 Å². The second kappa shape index (κ2) is 6.87. The standard InChI is InChI=1S/C16H16ClF2NO/c1-3-20-16(10-4-6-11(17)7-5-10)15-13(18)8-12(21-2)9-14(15)19/h4-9,16,20H,3H2,1-2H3. The van der Waals surface area contributed by atoms with Crippen molar-refractivity contribution in [2.75, 3.05) is 13.7 Å². The molecule has 0 saturated carbocycles. The first kappa shape index (κ1) is 15.7. The lowest BCUT2D eigenvalue weighted by Gasteiger charge is -2.20. The van der Waals surface area contributed by atoms with Gasteiger partial charge in [-0.25, -0.2) is 8.78 Å². The number of hydrogen-bond donors (Lipinski definition) is 1. The van der Waals surface area contributed by atoms with Crippen molar-refractivity contribution in [1.82, 2.24) is 5.32 Å². The predicted octanol–water partition coefficient (Wildman–Crippen LogP) is 4.33. The summed E-state index contributed by atoms with van der Waals surface area (Å²) in [6.07, 6.45) is 0. The summed E-state index contributed by atoms with van der Waals surface area (Å²) in [5.74, 6) is -1.14. The van der Waals surface area contributed by atoms with Crippen molar-refractivity contribution in [2.24, 2.45) is 0 Å². The molecule has 0 spiro atoms. The molecular weight excluding hydrogens is 296 g/mol. The average molecular weight is 312 g/mol. The number of rotatable bonds is 5. The number of benzene rings is 2. The zero-order valence-corrected chi connectivity index (χ0v) is 12.5. The van der Waals surface area contributed by atoms with Crippen molar-refractivity contribution < 1.29 is 13.5 Å². The molecule has 0 bridgehead atoms. The molecule has 0 amide bonds. The van der Waals surface area contributed by atoms with E-state index in [0.717, 1.165) is 5.56 Å². The number of methoxy groups -OCH3 is 1. The highest BCUT2D eigenvalue weighted by atomic mass is 35.5. The first-order valence-corrected chi connectivity index (χ1v) is 6.96. The van der Waals surface area contributed by atoms with E-state index in [-0.39, 0.29) is 11.3 Å². The third-order valence-corrected chi connectivity index (χ3v) is 3.44.